The third kappa shape index (κ3) is 4.60. The zero-order valence-corrected chi connectivity index (χ0v) is 18.7. The van der Waals surface area contributed by atoms with E-state index in [1.165, 1.54) is 4.90 Å². The second kappa shape index (κ2) is 9.00. The van der Waals surface area contributed by atoms with E-state index < -0.39 is 6.03 Å². The lowest BCUT2D eigenvalue weighted by Gasteiger charge is -2.34. The second-order valence-electron chi connectivity index (χ2n) is 8.79. The summed E-state index contributed by atoms with van der Waals surface area (Å²) in [4.78, 5) is 43.5. The highest BCUT2D eigenvalue weighted by Crippen LogP contribution is 2.27. The van der Waals surface area contributed by atoms with Crippen molar-refractivity contribution in [3.63, 3.8) is 0 Å². The van der Waals surface area contributed by atoms with Gasteiger partial charge in [0, 0.05) is 49.8 Å². The normalized spacial score (nSPS) is 16.5. The highest BCUT2D eigenvalue weighted by molar-refractivity contribution is 6.22. The highest BCUT2D eigenvalue weighted by Gasteiger charge is 2.35. The second-order valence-corrected chi connectivity index (χ2v) is 8.79. The number of urea groups is 1. The first-order valence-corrected chi connectivity index (χ1v) is 10.9. The van der Waals surface area contributed by atoms with Crippen LogP contribution in [0.4, 0.5) is 21.9 Å². The number of benzene rings is 2. The molecule has 2 aromatic rings. The Morgan fingerprint density at radius 2 is 1.47 bits per heavy atom. The lowest BCUT2D eigenvalue weighted by Crippen LogP contribution is -2.44. The van der Waals surface area contributed by atoms with E-state index >= 15 is 0 Å². The van der Waals surface area contributed by atoms with E-state index in [-0.39, 0.29) is 17.7 Å². The fourth-order valence-corrected chi connectivity index (χ4v) is 4.01. The highest BCUT2D eigenvalue weighted by atomic mass is 16.2. The number of rotatable bonds is 5. The Labute approximate surface area is 188 Å². The van der Waals surface area contributed by atoms with Crippen LogP contribution in [0.25, 0.3) is 0 Å². The van der Waals surface area contributed by atoms with Gasteiger partial charge in [-0.1, -0.05) is 13.8 Å². The van der Waals surface area contributed by atoms with Crippen LogP contribution in [0.2, 0.25) is 0 Å². The van der Waals surface area contributed by atoms with Crippen LogP contribution in [0.5, 0.6) is 0 Å². The summed E-state index contributed by atoms with van der Waals surface area (Å²) >= 11 is 0. The topological polar surface area (TPSA) is 85.0 Å². The number of hydrogen-bond donors (Lipinski definition) is 2. The zero-order valence-electron chi connectivity index (χ0n) is 18.7. The smallest absolute Gasteiger partial charge is 0.323 e. The predicted molar refractivity (Wildman–Crippen MR) is 125 cm³/mol. The Morgan fingerprint density at radius 3 is 2.12 bits per heavy atom. The summed E-state index contributed by atoms with van der Waals surface area (Å²) in [5, 5.41) is 5.56. The first kappa shape index (κ1) is 21.8. The van der Waals surface area contributed by atoms with Gasteiger partial charge in [0.1, 0.15) is 0 Å². The van der Waals surface area contributed by atoms with Crippen LogP contribution in [-0.2, 0) is 0 Å². The van der Waals surface area contributed by atoms with Crippen molar-refractivity contribution in [1.82, 2.24) is 9.80 Å². The molecule has 0 spiro atoms. The van der Waals surface area contributed by atoms with E-state index in [0.717, 1.165) is 31.9 Å². The first-order valence-electron chi connectivity index (χ1n) is 10.9. The third-order valence-electron chi connectivity index (χ3n) is 5.77. The van der Waals surface area contributed by atoms with Gasteiger partial charge in [-0.3, -0.25) is 14.5 Å². The van der Waals surface area contributed by atoms with E-state index in [1.807, 2.05) is 38.1 Å². The summed E-state index contributed by atoms with van der Waals surface area (Å²) < 4.78 is 0. The van der Waals surface area contributed by atoms with Gasteiger partial charge in [-0.25, -0.2) is 4.79 Å². The molecule has 2 N–H and O–H groups in total. The van der Waals surface area contributed by atoms with Crippen molar-refractivity contribution in [1.29, 1.82) is 0 Å². The molecule has 2 aliphatic rings. The number of amides is 4. The summed E-state index contributed by atoms with van der Waals surface area (Å²) in [6.45, 7) is 8.33. The minimum absolute atomic E-state index is 0.184. The van der Waals surface area contributed by atoms with Crippen LogP contribution < -0.4 is 15.5 Å². The minimum atomic E-state index is -0.409. The molecule has 0 unspecified atom stereocenters. The molecule has 2 heterocycles. The molecule has 1 fully saturated rings. The molecule has 0 aromatic heterocycles. The SMILES string of the molecule is CC(C)CN1C(=O)c2ccc(NC(=O)Nc3ccc(N4CCN(C)CC4)cc3)cc2C1=O. The lowest BCUT2D eigenvalue weighted by molar-refractivity contribution is 0.0636. The van der Waals surface area contributed by atoms with Gasteiger partial charge in [-0.15, -0.1) is 0 Å². The molecule has 4 rings (SSSR count). The Hall–Kier alpha value is -3.39. The van der Waals surface area contributed by atoms with Gasteiger partial charge in [-0.2, -0.15) is 0 Å². The number of nitrogens with one attached hydrogen (secondary N) is 2. The Morgan fingerprint density at radius 1 is 0.875 bits per heavy atom. The monoisotopic (exact) mass is 435 g/mol. The average Bonchev–Trinajstić information content (AvgIpc) is 2.99. The molecule has 2 aliphatic heterocycles. The quantitative estimate of drug-likeness (QED) is 0.704. The maximum atomic E-state index is 12.6. The fourth-order valence-electron chi connectivity index (χ4n) is 4.01. The van der Waals surface area contributed by atoms with Crippen molar-refractivity contribution >= 4 is 34.9 Å². The van der Waals surface area contributed by atoms with E-state index in [4.69, 9.17) is 0 Å². The molecular formula is C24H29N5O3. The molecule has 32 heavy (non-hydrogen) atoms. The standard InChI is InChI=1S/C24H29N5O3/c1-16(2)15-29-22(30)20-9-6-18(14-21(20)23(29)31)26-24(32)25-17-4-7-19(8-5-17)28-12-10-27(3)11-13-28/h4-9,14,16H,10-13,15H2,1-3H3,(H2,25,26,32). The number of hydrogen-bond acceptors (Lipinski definition) is 5. The number of imide groups is 1. The Balaban J connectivity index is 1.38. The summed E-state index contributed by atoms with van der Waals surface area (Å²) in [5.74, 6) is -0.416. The van der Waals surface area contributed by atoms with Gasteiger partial charge >= 0.3 is 6.03 Å². The van der Waals surface area contributed by atoms with Gasteiger partial charge in [-0.05, 0) is 55.4 Å². The maximum absolute atomic E-state index is 12.6. The molecule has 0 radical (unpaired) electrons. The Kier molecular flexibility index (Phi) is 6.14. The Bertz CT molecular complexity index is 1030. The van der Waals surface area contributed by atoms with Crippen LogP contribution in [0, 0.1) is 5.92 Å². The first-order chi connectivity index (χ1) is 15.3. The molecule has 2 aromatic carbocycles. The number of piperazine rings is 1. The third-order valence-corrected chi connectivity index (χ3v) is 5.77. The number of fused-ring (bicyclic) bond motifs is 1. The van der Waals surface area contributed by atoms with Crippen LogP contribution >= 0.6 is 0 Å². The number of nitrogens with zero attached hydrogens (tertiary/aromatic N) is 3. The van der Waals surface area contributed by atoms with Crippen molar-refractivity contribution < 1.29 is 14.4 Å². The van der Waals surface area contributed by atoms with Crippen LogP contribution in [0.3, 0.4) is 0 Å². The van der Waals surface area contributed by atoms with Crippen LogP contribution in [-0.4, -0.2) is 67.4 Å². The van der Waals surface area contributed by atoms with Gasteiger partial charge in [0.05, 0.1) is 11.1 Å². The molecule has 0 bridgehead atoms. The van der Waals surface area contributed by atoms with Crippen LogP contribution in [0.1, 0.15) is 34.6 Å². The van der Waals surface area contributed by atoms with Gasteiger partial charge < -0.3 is 20.4 Å². The molecule has 8 heteroatoms. The summed E-state index contributed by atoms with van der Waals surface area (Å²) in [6.07, 6.45) is 0. The van der Waals surface area contributed by atoms with Crippen molar-refractivity contribution in [2.24, 2.45) is 5.92 Å². The number of likely N-dealkylation sites (N-methyl/N-ethyl adjacent to an activating group) is 1. The largest absolute Gasteiger partial charge is 0.369 e. The van der Waals surface area contributed by atoms with Crippen molar-refractivity contribution in [3.05, 3.63) is 53.6 Å². The van der Waals surface area contributed by atoms with Crippen molar-refractivity contribution in [3.8, 4) is 0 Å². The molecule has 8 nitrogen and oxygen atoms in total. The summed E-state index contributed by atoms with van der Waals surface area (Å²) in [6, 6.07) is 12.1. The molecule has 4 amide bonds. The van der Waals surface area contributed by atoms with E-state index in [0.29, 0.717) is 29.0 Å². The number of carbonyl (C=O) groups excluding carboxylic acids is 3. The molecule has 1 saturated heterocycles. The number of carbonyl (C=O) groups is 3. The molecular weight excluding hydrogens is 406 g/mol. The maximum Gasteiger partial charge on any atom is 0.323 e. The lowest BCUT2D eigenvalue weighted by atomic mass is 10.1. The predicted octanol–water partition coefficient (Wildman–Crippen LogP) is 3.33. The van der Waals surface area contributed by atoms with E-state index in [9.17, 15) is 14.4 Å². The minimum Gasteiger partial charge on any atom is -0.369 e. The van der Waals surface area contributed by atoms with E-state index in [1.54, 1.807) is 18.2 Å². The fraction of sp³-hybridized carbons (Fsp3) is 0.375. The average molecular weight is 436 g/mol. The van der Waals surface area contributed by atoms with Crippen molar-refractivity contribution in [2.45, 2.75) is 13.8 Å². The molecule has 0 atom stereocenters. The van der Waals surface area contributed by atoms with Crippen molar-refractivity contribution in [2.75, 3.05) is 55.3 Å². The molecule has 0 aliphatic carbocycles. The molecule has 0 saturated carbocycles. The van der Waals surface area contributed by atoms with Gasteiger partial charge in [0.2, 0.25) is 0 Å². The summed E-state index contributed by atoms with van der Waals surface area (Å²) in [7, 11) is 2.12. The van der Waals surface area contributed by atoms with Gasteiger partial charge in [0.25, 0.3) is 11.8 Å². The van der Waals surface area contributed by atoms with Gasteiger partial charge in [0.15, 0.2) is 0 Å². The van der Waals surface area contributed by atoms with Crippen LogP contribution in [0.15, 0.2) is 42.5 Å². The van der Waals surface area contributed by atoms with E-state index in [2.05, 4.69) is 27.5 Å². The summed E-state index contributed by atoms with van der Waals surface area (Å²) in [5.41, 5.74) is 2.97. The number of anilines is 3. The zero-order chi connectivity index (χ0) is 22.8. The molecule has 168 valence electrons.